The Hall–Kier alpha value is -1.72. The van der Waals surface area contributed by atoms with Gasteiger partial charge in [-0.05, 0) is 52.4 Å². The smallest absolute Gasteiger partial charge is 0.242 e. The summed E-state index contributed by atoms with van der Waals surface area (Å²) >= 11 is 5.93. The number of hydrogen-bond donors (Lipinski definition) is 1. The number of thiocarbonyl (C=S) groups is 1. The molecule has 0 aliphatic carbocycles. The zero-order valence-electron chi connectivity index (χ0n) is 9.64. The second kappa shape index (κ2) is 4.75. The summed E-state index contributed by atoms with van der Waals surface area (Å²) in [5.41, 5.74) is 1.30. The van der Waals surface area contributed by atoms with Gasteiger partial charge in [-0.15, -0.1) is 0 Å². The summed E-state index contributed by atoms with van der Waals surface area (Å²) < 4.78 is 13.6. The maximum atomic E-state index is 13.2. The Morgan fingerprint density at radius 3 is 2.68 bits per heavy atom. The van der Waals surface area contributed by atoms with Crippen molar-refractivity contribution in [3.63, 3.8) is 0 Å². The third-order valence-electron chi connectivity index (χ3n) is 2.78. The van der Waals surface area contributed by atoms with Crippen LogP contribution in [0.25, 0.3) is 16.8 Å². The maximum absolute atomic E-state index is 13.2. The predicted molar refractivity (Wildman–Crippen MR) is 80.2 cm³/mol. The fourth-order valence-electron chi connectivity index (χ4n) is 1.91. The average molecular weight is 289 g/mol. The van der Waals surface area contributed by atoms with Crippen LogP contribution in [0.2, 0.25) is 0 Å². The molecule has 1 aliphatic rings. The van der Waals surface area contributed by atoms with E-state index in [1.54, 1.807) is 12.1 Å². The van der Waals surface area contributed by atoms with Gasteiger partial charge >= 0.3 is 0 Å². The number of benzene rings is 2. The van der Waals surface area contributed by atoms with E-state index in [4.69, 9.17) is 12.2 Å². The molecule has 1 fully saturated rings. The van der Waals surface area contributed by atoms with Crippen LogP contribution in [0, 0.1) is 5.82 Å². The average Bonchev–Trinajstić information content (AvgIpc) is 2.67. The largest absolute Gasteiger partial charge is 0.337 e. The molecule has 2 aromatic carbocycles. The van der Waals surface area contributed by atoms with Gasteiger partial charge in [-0.2, -0.15) is 0 Å². The van der Waals surface area contributed by atoms with Crippen molar-refractivity contribution in [2.45, 2.75) is 0 Å². The molecule has 0 spiro atoms. The van der Waals surface area contributed by atoms with Gasteiger partial charge in [-0.25, -0.2) is 4.39 Å². The Bertz CT molecular complexity index is 739. The Labute approximate surface area is 118 Å². The summed E-state index contributed by atoms with van der Waals surface area (Å²) in [5, 5.41) is 4.51. The number of nitrogens with one attached hydrogen (secondary N) is 1. The first-order valence-corrected chi connectivity index (χ1v) is 6.78. The Kier molecular flexibility index (Phi) is 3.08. The van der Waals surface area contributed by atoms with E-state index >= 15 is 0 Å². The first-order chi connectivity index (χ1) is 9.11. The Balaban J connectivity index is 2.04. The lowest BCUT2D eigenvalue weighted by atomic mass is 10.1. The molecule has 19 heavy (non-hydrogen) atoms. The predicted octanol–water partition coefficient (Wildman–Crippen LogP) is 3.47. The highest BCUT2D eigenvalue weighted by molar-refractivity contribution is 8.33. The normalized spacial score (nSPS) is 17.2. The zero-order valence-corrected chi connectivity index (χ0v) is 11.3. The summed E-state index contributed by atoms with van der Waals surface area (Å²) in [5.74, 6) is -0.274. The molecule has 2 aromatic rings. The van der Waals surface area contributed by atoms with Crippen LogP contribution in [0.3, 0.4) is 0 Å². The zero-order chi connectivity index (χ0) is 13.4. The van der Waals surface area contributed by atoms with Crippen LogP contribution in [0.15, 0.2) is 42.1 Å². The van der Waals surface area contributed by atoms with Crippen LogP contribution < -0.4 is 5.32 Å². The first-order valence-electron chi connectivity index (χ1n) is 5.56. The van der Waals surface area contributed by atoms with E-state index in [1.807, 2.05) is 18.2 Å². The minimum atomic E-state index is -0.274. The van der Waals surface area contributed by atoms with Gasteiger partial charge in [0.1, 0.15) is 10.1 Å². The topological polar surface area (TPSA) is 29.1 Å². The lowest BCUT2D eigenvalue weighted by Gasteiger charge is -2.01. The van der Waals surface area contributed by atoms with Crippen molar-refractivity contribution in [2.24, 2.45) is 0 Å². The van der Waals surface area contributed by atoms with E-state index in [9.17, 15) is 9.18 Å². The van der Waals surface area contributed by atoms with Crippen molar-refractivity contribution in [1.82, 2.24) is 5.32 Å². The third kappa shape index (κ3) is 2.52. The molecule has 3 rings (SSSR count). The number of fused-ring (bicyclic) bond motifs is 1. The van der Waals surface area contributed by atoms with Crippen LogP contribution in [-0.4, -0.2) is 9.44 Å². The summed E-state index contributed by atoms with van der Waals surface area (Å²) in [4.78, 5) is 11.6. The Morgan fingerprint density at radius 1 is 1.16 bits per heavy atom. The van der Waals surface area contributed by atoms with Gasteiger partial charge in [0.2, 0.25) is 5.12 Å². The van der Waals surface area contributed by atoms with E-state index in [0.717, 1.165) is 28.1 Å². The second-order valence-corrected chi connectivity index (χ2v) is 5.76. The van der Waals surface area contributed by atoms with Gasteiger partial charge in [-0.3, -0.25) is 4.79 Å². The Morgan fingerprint density at radius 2 is 1.95 bits per heavy atom. The van der Waals surface area contributed by atoms with Gasteiger partial charge in [0, 0.05) is 0 Å². The number of carbonyl (C=O) groups is 1. The second-order valence-electron chi connectivity index (χ2n) is 4.11. The first kappa shape index (κ1) is 12.3. The van der Waals surface area contributed by atoms with Gasteiger partial charge < -0.3 is 5.32 Å². The standard InChI is InChI=1S/C14H8FNOS2/c15-11-4-3-9-2-1-8(5-10(9)7-11)6-12-13(17)19-14(18)16-12/h1-7H,(H,16,18). The van der Waals surface area contributed by atoms with Crippen molar-refractivity contribution < 1.29 is 9.18 Å². The number of thioether (sulfide) groups is 1. The van der Waals surface area contributed by atoms with Crippen LogP contribution in [-0.2, 0) is 4.79 Å². The van der Waals surface area contributed by atoms with Crippen molar-refractivity contribution in [1.29, 1.82) is 0 Å². The molecule has 0 bridgehead atoms. The van der Waals surface area contributed by atoms with Crippen molar-refractivity contribution >= 4 is 50.3 Å². The molecule has 0 saturated carbocycles. The number of rotatable bonds is 1. The monoisotopic (exact) mass is 289 g/mol. The molecular weight excluding hydrogens is 281 g/mol. The van der Waals surface area contributed by atoms with E-state index in [1.165, 1.54) is 12.1 Å². The van der Waals surface area contributed by atoms with Gasteiger partial charge in [0.15, 0.2) is 0 Å². The molecule has 94 valence electrons. The molecule has 1 aliphatic heterocycles. The van der Waals surface area contributed by atoms with Crippen LogP contribution in [0.4, 0.5) is 4.39 Å². The van der Waals surface area contributed by atoms with Crippen LogP contribution in [0.1, 0.15) is 5.56 Å². The lowest BCUT2D eigenvalue weighted by molar-refractivity contribution is -0.107. The summed E-state index contributed by atoms with van der Waals surface area (Å²) in [6.07, 6.45) is 1.72. The van der Waals surface area contributed by atoms with Gasteiger partial charge in [0.05, 0.1) is 5.70 Å². The highest BCUT2D eigenvalue weighted by Crippen LogP contribution is 2.23. The molecule has 0 unspecified atom stereocenters. The minimum Gasteiger partial charge on any atom is -0.337 e. The molecule has 1 saturated heterocycles. The van der Waals surface area contributed by atoms with Gasteiger partial charge in [-0.1, -0.05) is 30.4 Å². The SMILES string of the molecule is O=C1SC(=S)NC1=Cc1ccc2ccc(F)cc2c1. The number of halogens is 1. The molecular formula is C14H8FNOS2. The minimum absolute atomic E-state index is 0.0932. The van der Waals surface area contributed by atoms with Crippen LogP contribution in [0.5, 0.6) is 0 Å². The van der Waals surface area contributed by atoms with Crippen LogP contribution >= 0.6 is 24.0 Å². The number of hydrogen-bond acceptors (Lipinski definition) is 3. The number of carbonyl (C=O) groups excluding carboxylic acids is 1. The van der Waals surface area contributed by atoms with Crippen molar-refractivity contribution in [3.05, 3.63) is 53.5 Å². The molecule has 0 atom stereocenters. The summed E-state index contributed by atoms with van der Waals surface area (Å²) in [6, 6.07) is 10.2. The lowest BCUT2D eigenvalue weighted by Crippen LogP contribution is -2.09. The molecule has 5 heteroatoms. The summed E-state index contributed by atoms with van der Waals surface area (Å²) in [6.45, 7) is 0. The molecule has 0 aromatic heterocycles. The summed E-state index contributed by atoms with van der Waals surface area (Å²) in [7, 11) is 0. The van der Waals surface area contributed by atoms with Crippen molar-refractivity contribution in [2.75, 3.05) is 0 Å². The van der Waals surface area contributed by atoms with E-state index in [0.29, 0.717) is 10.0 Å². The highest BCUT2D eigenvalue weighted by atomic mass is 32.2. The maximum Gasteiger partial charge on any atom is 0.242 e. The van der Waals surface area contributed by atoms with E-state index in [-0.39, 0.29) is 10.9 Å². The molecule has 1 heterocycles. The van der Waals surface area contributed by atoms with Gasteiger partial charge in [0.25, 0.3) is 0 Å². The van der Waals surface area contributed by atoms with E-state index in [2.05, 4.69) is 5.32 Å². The molecule has 0 radical (unpaired) electrons. The molecule has 1 N–H and O–H groups in total. The molecule has 0 amide bonds. The third-order valence-corrected chi connectivity index (χ3v) is 3.82. The highest BCUT2D eigenvalue weighted by Gasteiger charge is 2.21. The fourth-order valence-corrected chi connectivity index (χ4v) is 2.80. The van der Waals surface area contributed by atoms with E-state index < -0.39 is 0 Å². The van der Waals surface area contributed by atoms with Crippen molar-refractivity contribution in [3.8, 4) is 0 Å². The molecule has 2 nitrogen and oxygen atoms in total. The quantitative estimate of drug-likeness (QED) is 0.643. The fraction of sp³-hybridized carbons (Fsp3) is 0.